The molecule has 0 aliphatic rings. The van der Waals surface area contributed by atoms with E-state index in [9.17, 15) is 9.59 Å². The zero-order chi connectivity index (χ0) is 14.0. The first kappa shape index (κ1) is 12.6. The van der Waals surface area contributed by atoms with Crippen LogP contribution >= 0.6 is 0 Å². The average molecular weight is 260 g/mol. The van der Waals surface area contributed by atoms with Crippen molar-refractivity contribution in [3.63, 3.8) is 0 Å². The van der Waals surface area contributed by atoms with Crippen molar-refractivity contribution in [3.05, 3.63) is 42.0 Å². The van der Waals surface area contributed by atoms with Crippen molar-refractivity contribution in [1.29, 1.82) is 0 Å². The Kier molecular flexibility index (Phi) is 3.19. The van der Waals surface area contributed by atoms with Crippen LogP contribution in [0, 0.1) is 0 Å². The Morgan fingerprint density at radius 3 is 2.68 bits per heavy atom. The number of nitrogens with one attached hydrogen (secondary N) is 1. The SMILES string of the molecule is Cn1cncc1C(=O)Nc1ccc(C(=O)O)cc1N. The molecule has 0 fully saturated rings. The number of hydrogen-bond donors (Lipinski definition) is 3. The average Bonchev–Trinajstić information content (AvgIpc) is 2.77. The van der Waals surface area contributed by atoms with Gasteiger partial charge in [-0.1, -0.05) is 0 Å². The lowest BCUT2D eigenvalue weighted by Crippen LogP contribution is -2.16. The summed E-state index contributed by atoms with van der Waals surface area (Å²) in [6, 6.07) is 4.12. The zero-order valence-electron chi connectivity index (χ0n) is 10.1. The lowest BCUT2D eigenvalue weighted by molar-refractivity contribution is 0.0697. The molecule has 0 unspecified atom stereocenters. The first-order valence-electron chi connectivity index (χ1n) is 5.39. The first-order chi connectivity index (χ1) is 8.99. The van der Waals surface area contributed by atoms with Crippen LogP contribution < -0.4 is 11.1 Å². The Bertz CT molecular complexity index is 648. The summed E-state index contributed by atoms with van der Waals surface area (Å²) in [7, 11) is 1.69. The summed E-state index contributed by atoms with van der Waals surface area (Å²) in [5.74, 6) is -1.44. The van der Waals surface area contributed by atoms with Gasteiger partial charge < -0.3 is 20.7 Å². The summed E-state index contributed by atoms with van der Waals surface area (Å²) in [5, 5.41) is 11.4. The summed E-state index contributed by atoms with van der Waals surface area (Å²) in [4.78, 5) is 26.5. The van der Waals surface area contributed by atoms with Crippen molar-refractivity contribution in [2.75, 3.05) is 11.1 Å². The van der Waals surface area contributed by atoms with E-state index in [4.69, 9.17) is 10.8 Å². The minimum Gasteiger partial charge on any atom is -0.478 e. The van der Waals surface area contributed by atoms with Gasteiger partial charge in [0.2, 0.25) is 0 Å². The highest BCUT2D eigenvalue weighted by Crippen LogP contribution is 2.20. The second-order valence-corrected chi connectivity index (χ2v) is 3.95. The number of carbonyl (C=O) groups excluding carboxylic acids is 1. The lowest BCUT2D eigenvalue weighted by atomic mass is 10.1. The summed E-state index contributed by atoms with van der Waals surface area (Å²) >= 11 is 0. The monoisotopic (exact) mass is 260 g/mol. The van der Waals surface area contributed by atoms with Crippen molar-refractivity contribution >= 4 is 23.3 Å². The normalized spacial score (nSPS) is 10.2. The molecule has 0 aliphatic heterocycles. The van der Waals surface area contributed by atoms with Crippen molar-refractivity contribution < 1.29 is 14.7 Å². The van der Waals surface area contributed by atoms with Gasteiger partial charge in [0.15, 0.2) is 0 Å². The fraction of sp³-hybridized carbons (Fsp3) is 0.0833. The Morgan fingerprint density at radius 2 is 2.16 bits per heavy atom. The molecule has 0 saturated carbocycles. The van der Waals surface area contributed by atoms with Crippen molar-refractivity contribution in [3.8, 4) is 0 Å². The third-order valence-electron chi connectivity index (χ3n) is 2.60. The molecule has 2 aromatic rings. The first-order valence-corrected chi connectivity index (χ1v) is 5.39. The van der Waals surface area contributed by atoms with Crippen molar-refractivity contribution in [1.82, 2.24) is 9.55 Å². The molecule has 0 atom stereocenters. The highest BCUT2D eigenvalue weighted by molar-refractivity contribution is 6.05. The van der Waals surface area contributed by atoms with Gasteiger partial charge in [0.25, 0.3) is 5.91 Å². The van der Waals surface area contributed by atoms with Crippen LogP contribution in [0.2, 0.25) is 0 Å². The van der Waals surface area contributed by atoms with Gasteiger partial charge in [-0.3, -0.25) is 4.79 Å². The number of aromatic carboxylic acids is 1. The number of nitrogens with two attached hydrogens (primary N) is 1. The highest BCUT2D eigenvalue weighted by Gasteiger charge is 2.12. The Hall–Kier alpha value is -2.83. The number of carbonyl (C=O) groups is 2. The second kappa shape index (κ2) is 4.81. The molecular weight excluding hydrogens is 248 g/mol. The molecule has 19 heavy (non-hydrogen) atoms. The van der Waals surface area contributed by atoms with E-state index in [1.165, 1.54) is 30.7 Å². The van der Waals surface area contributed by atoms with E-state index in [-0.39, 0.29) is 17.2 Å². The summed E-state index contributed by atoms with van der Waals surface area (Å²) in [5.41, 5.74) is 6.69. The molecule has 0 aliphatic carbocycles. The van der Waals surface area contributed by atoms with Crippen molar-refractivity contribution in [2.24, 2.45) is 7.05 Å². The number of aryl methyl sites for hydroxylation is 1. The van der Waals surface area contributed by atoms with Gasteiger partial charge in [-0.15, -0.1) is 0 Å². The van der Waals surface area contributed by atoms with E-state index >= 15 is 0 Å². The Labute approximate surface area is 108 Å². The molecular formula is C12H12N4O3. The fourth-order valence-electron chi connectivity index (χ4n) is 1.57. The van der Waals surface area contributed by atoms with Gasteiger partial charge in [-0.05, 0) is 18.2 Å². The van der Waals surface area contributed by atoms with E-state index in [0.717, 1.165) is 0 Å². The maximum absolute atomic E-state index is 11.9. The maximum atomic E-state index is 11.9. The van der Waals surface area contributed by atoms with Crippen LogP contribution in [0.25, 0.3) is 0 Å². The quantitative estimate of drug-likeness (QED) is 0.712. The standard InChI is InChI=1S/C12H12N4O3/c1-16-6-14-5-10(16)11(17)15-9-3-2-7(12(18)19)4-8(9)13/h2-6H,13H2,1H3,(H,15,17)(H,18,19). The number of rotatable bonds is 3. The van der Waals surface area contributed by atoms with Crippen LogP contribution in [0.3, 0.4) is 0 Å². The molecule has 0 saturated heterocycles. The van der Waals surface area contributed by atoms with E-state index in [1.54, 1.807) is 11.6 Å². The molecule has 0 spiro atoms. The molecule has 1 heterocycles. The Balaban J connectivity index is 2.23. The zero-order valence-corrected chi connectivity index (χ0v) is 10.1. The smallest absolute Gasteiger partial charge is 0.335 e. The number of imidazole rings is 1. The molecule has 4 N–H and O–H groups in total. The number of hydrogen-bond acceptors (Lipinski definition) is 4. The fourth-order valence-corrected chi connectivity index (χ4v) is 1.57. The molecule has 7 heteroatoms. The van der Waals surface area contributed by atoms with Crippen molar-refractivity contribution in [2.45, 2.75) is 0 Å². The van der Waals surface area contributed by atoms with Gasteiger partial charge in [-0.2, -0.15) is 0 Å². The van der Waals surface area contributed by atoms with Gasteiger partial charge in [0.05, 0.1) is 29.5 Å². The van der Waals surface area contributed by atoms with Crippen LogP contribution in [0.15, 0.2) is 30.7 Å². The number of nitrogens with zero attached hydrogens (tertiary/aromatic N) is 2. The van der Waals surface area contributed by atoms with E-state index in [2.05, 4.69) is 10.3 Å². The minimum atomic E-state index is -1.07. The summed E-state index contributed by atoms with van der Waals surface area (Å²) in [6.07, 6.45) is 2.93. The van der Waals surface area contributed by atoms with Gasteiger partial charge in [0, 0.05) is 7.05 Å². The summed E-state index contributed by atoms with van der Waals surface area (Å²) < 4.78 is 1.57. The molecule has 0 radical (unpaired) electrons. The summed E-state index contributed by atoms with van der Waals surface area (Å²) in [6.45, 7) is 0. The third-order valence-corrected chi connectivity index (χ3v) is 2.60. The number of carboxylic acids is 1. The topological polar surface area (TPSA) is 110 Å². The minimum absolute atomic E-state index is 0.0658. The molecule has 1 aromatic heterocycles. The predicted molar refractivity (Wildman–Crippen MR) is 69.0 cm³/mol. The van der Waals surface area contributed by atoms with E-state index < -0.39 is 5.97 Å². The van der Waals surface area contributed by atoms with Crippen LogP contribution in [-0.2, 0) is 7.05 Å². The maximum Gasteiger partial charge on any atom is 0.335 e. The highest BCUT2D eigenvalue weighted by atomic mass is 16.4. The van der Waals surface area contributed by atoms with E-state index in [0.29, 0.717) is 11.4 Å². The molecule has 0 bridgehead atoms. The molecule has 7 nitrogen and oxygen atoms in total. The van der Waals surface area contributed by atoms with Crippen LogP contribution in [0.5, 0.6) is 0 Å². The van der Waals surface area contributed by atoms with Crippen LogP contribution in [0.4, 0.5) is 11.4 Å². The molecule has 1 aromatic carbocycles. The van der Waals surface area contributed by atoms with Gasteiger partial charge in [-0.25, -0.2) is 9.78 Å². The van der Waals surface area contributed by atoms with Gasteiger partial charge in [0.1, 0.15) is 5.69 Å². The number of benzene rings is 1. The molecule has 1 amide bonds. The largest absolute Gasteiger partial charge is 0.478 e. The lowest BCUT2D eigenvalue weighted by Gasteiger charge is -2.09. The van der Waals surface area contributed by atoms with Crippen LogP contribution in [-0.4, -0.2) is 26.5 Å². The number of amides is 1. The second-order valence-electron chi connectivity index (χ2n) is 3.95. The Morgan fingerprint density at radius 1 is 1.42 bits per heavy atom. The predicted octanol–water partition coefficient (Wildman–Crippen LogP) is 0.953. The van der Waals surface area contributed by atoms with Gasteiger partial charge >= 0.3 is 5.97 Å². The van der Waals surface area contributed by atoms with E-state index in [1.807, 2.05) is 0 Å². The molecule has 98 valence electrons. The number of aromatic nitrogens is 2. The number of carboxylic acid groups (broad SMARTS) is 1. The van der Waals surface area contributed by atoms with Crippen LogP contribution in [0.1, 0.15) is 20.8 Å². The third kappa shape index (κ3) is 2.54. The number of nitrogen functional groups attached to an aromatic ring is 1. The molecule has 2 rings (SSSR count). The number of anilines is 2.